The van der Waals surface area contributed by atoms with E-state index in [9.17, 15) is 9.59 Å². The Hall–Kier alpha value is -2.34. The zero-order chi connectivity index (χ0) is 15.4. The van der Waals surface area contributed by atoms with E-state index in [4.69, 9.17) is 15.0 Å². The lowest BCUT2D eigenvalue weighted by atomic mass is 10.1. The number of hydrogen-bond acceptors (Lipinski definition) is 5. The van der Waals surface area contributed by atoms with Crippen LogP contribution in [-0.2, 0) is 4.79 Å². The van der Waals surface area contributed by atoms with Crippen LogP contribution >= 0.6 is 0 Å². The predicted octanol–water partition coefficient (Wildman–Crippen LogP) is 1.64. The van der Waals surface area contributed by atoms with Gasteiger partial charge < -0.3 is 9.15 Å². The largest absolute Gasteiger partial charge is 0.491 e. The predicted molar refractivity (Wildman–Crippen MR) is 78.9 cm³/mol. The molecule has 0 aliphatic rings. The molecular weight excluding hydrogens is 272 g/mol. The lowest BCUT2D eigenvalue weighted by molar-refractivity contribution is -0.121. The van der Waals surface area contributed by atoms with Gasteiger partial charge in [0.25, 0.3) is 0 Å². The summed E-state index contributed by atoms with van der Waals surface area (Å²) >= 11 is 0. The molecule has 0 radical (unpaired) electrons. The Labute approximate surface area is 121 Å². The molecule has 6 nitrogen and oxygen atoms in total. The van der Waals surface area contributed by atoms with Crippen molar-refractivity contribution < 1.29 is 13.9 Å². The van der Waals surface area contributed by atoms with Crippen LogP contribution in [0.5, 0.6) is 5.75 Å². The van der Waals surface area contributed by atoms with E-state index >= 15 is 0 Å². The maximum absolute atomic E-state index is 11.4. The molecule has 0 saturated heterocycles. The average molecular weight is 290 g/mol. The van der Waals surface area contributed by atoms with Gasteiger partial charge in [0.1, 0.15) is 11.3 Å². The normalized spacial score (nSPS) is 12.1. The minimum absolute atomic E-state index is 0.156. The summed E-state index contributed by atoms with van der Waals surface area (Å²) in [5.41, 5.74) is 3.04. The maximum atomic E-state index is 11.4. The van der Waals surface area contributed by atoms with Crippen LogP contribution in [-0.4, -0.2) is 12.0 Å². The van der Waals surface area contributed by atoms with E-state index < -0.39 is 0 Å². The quantitative estimate of drug-likeness (QED) is 0.378. The first-order valence-corrected chi connectivity index (χ1v) is 6.70. The molecule has 1 aromatic heterocycles. The molecule has 3 N–H and O–H groups in total. The molecule has 21 heavy (non-hydrogen) atoms. The number of hydrazine groups is 1. The smallest absolute Gasteiger partial charge is 0.336 e. The average Bonchev–Trinajstić information content (AvgIpc) is 2.44. The second-order valence-electron chi connectivity index (χ2n) is 4.94. The highest BCUT2D eigenvalue weighted by molar-refractivity contribution is 5.81. The number of carbonyl (C=O) groups is 1. The van der Waals surface area contributed by atoms with Gasteiger partial charge in [-0.2, -0.15) is 0 Å². The summed E-state index contributed by atoms with van der Waals surface area (Å²) in [5.74, 6) is 5.38. The van der Waals surface area contributed by atoms with Gasteiger partial charge in [0.05, 0.1) is 6.10 Å². The number of benzene rings is 1. The molecule has 0 spiro atoms. The second-order valence-corrected chi connectivity index (χ2v) is 4.94. The summed E-state index contributed by atoms with van der Waals surface area (Å²) in [6, 6.07) is 6.80. The summed E-state index contributed by atoms with van der Waals surface area (Å²) in [6.45, 7) is 3.72. The van der Waals surface area contributed by atoms with Gasteiger partial charge in [-0.3, -0.25) is 10.2 Å². The zero-order valence-corrected chi connectivity index (χ0v) is 12.0. The summed E-state index contributed by atoms with van der Waals surface area (Å²) < 4.78 is 10.9. The molecule has 1 aromatic carbocycles. The Morgan fingerprint density at radius 3 is 2.90 bits per heavy atom. The number of nitrogens with one attached hydrogen (secondary N) is 1. The monoisotopic (exact) mass is 290 g/mol. The minimum Gasteiger partial charge on any atom is -0.491 e. The van der Waals surface area contributed by atoms with Crippen molar-refractivity contribution in [1.82, 2.24) is 5.43 Å². The van der Waals surface area contributed by atoms with Gasteiger partial charge in [0.15, 0.2) is 0 Å². The van der Waals surface area contributed by atoms with E-state index in [1.807, 2.05) is 26.0 Å². The molecule has 1 amide bonds. The van der Waals surface area contributed by atoms with Crippen molar-refractivity contribution in [2.45, 2.75) is 32.8 Å². The topological polar surface area (TPSA) is 94.6 Å². The number of nitrogens with two attached hydrogens (primary N) is 1. The van der Waals surface area contributed by atoms with E-state index in [1.165, 1.54) is 6.07 Å². The number of amides is 1. The van der Waals surface area contributed by atoms with Crippen LogP contribution in [0.4, 0.5) is 0 Å². The third-order valence-corrected chi connectivity index (χ3v) is 3.20. The molecule has 6 heteroatoms. The minimum atomic E-state index is -0.384. The Kier molecular flexibility index (Phi) is 4.59. The molecule has 1 heterocycles. The summed E-state index contributed by atoms with van der Waals surface area (Å²) in [6.07, 6.45) is 0.675. The number of rotatable bonds is 5. The van der Waals surface area contributed by atoms with Crippen molar-refractivity contribution in [3.8, 4) is 5.75 Å². The van der Waals surface area contributed by atoms with Crippen molar-refractivity contribution in [1.29, 1.82) is 0 Å². The lowest BCUT2D eigenvalue weighted by Gasteiger charge is -2.14. The molecular formula is C15H18N2O4. The van der Waals surface area contributed by atoms with Crippen LogP contribution in [0.1, 0.15) is 25.3 Å². The van der Waals surface area contributed by atoms with Crippen LogP contribution in [0.25, 0.3) is 11.0 Å². The van der Waals surface area contributed by atoms with Gasteiger partial charge in [0, 0.05) is 23.9 Å². The van der Waals surface area contributed by atoms with Crippen molar-refractivity contribution in [3.05, 3.63) is 40.2 Å². The number of hydrogen-bond donors (Lipinski definition) is 2. The maximum Gasteiger partial charge on any atom is 0.336 e. The molecule has 0 fully saturated rings. The van der Waals surface area contributed by atoms with E-state index in [2.05, 4.69) is 5.43 Å². The fourth-order valence-corrected chi connectivity index (χ4v) is 2.08. The number of aryl methyl sites for hydroxylation is 1. The second kappa shape index (κ2) is 6.41. The van der Waals surface area contributed by atoms with Gasteiger partial charge in [-0.15, -0.1) is 0 Å². The van der Waals surface area contributed by atoms with E-state index in [1.54, 1.807) is 6.07 Å². The highest BCUT2D eigenvalue weighted by Gasteiger charge is 2.09. The molecule has 0 aliphatic heterocycles. The van der Waals surface area contributed by atoms with Gasteiger partial charge in [-0.25, -0.2) is 10.6 Å². The van der Waals surface area contributed by atoms with E-state index in [0.29, 0.717) is 24.2 Å². The van der Waals surface area contributed by atoms with Crippen LogP contribution in [0, 0.1) is 6.92 Å². The molecule has 0 saturated carbocycles. The highest BCUT2D eigenvalue weighted by atomic mass is 16.5. The van der Waals surface area contributed by atoms with E-state index in [-0.39, 0.29) is 17.6 Å². The van der Waals surface area contributed by atoms with E-state index in [0.717, 1.165) is 10.9 Å². The van der Waals surface area contributed by atoms with Gasteiger partial charge in [-0.05, 0) is 38.0 Å². The Morgan fingerprint density at radius 1 is 1.43 bits per heavy atom. The molecule has 2 aromatic rings. The summed E-state index contributed by atoms with van der Waals surface area (Å²) in [7, 11) is 0. The molecule has 112 valence electrons. The first-order chi connectivity index (χ1) is 9.99. The third-order valence-electron chi connectivity index (χ3n) is 3.20. The van der Waals surface area contributed by atoms with Crippen LogP contribution in [0.3, 0.4) is 0 Å². The zero-order valence-electron chi connectivity index (χ0n) is 12.0. The van der Waals surface area contributed by atoms with Crippen LogP contribution in [0.2, 0.25) is 0 Å². The standard InChI is InChI=1S/C15H18N2O4/c1-9-7-15(19)21-13-8-11(4-5-12(9)13)20-10(2)3-6-14(18)17-16/h4-5,7-8,10H,3,6,16H2,1-2H3,(H,17,18). The fourth-order valence-electron chi connectivity index (χ4n) is 2.08. The molecule has 0 aliphatic carbocycles. The summed E-state index contributed by atoms with van der Waals surface area (Å²) in [4.78, 5) is 22.5. The molecule has 1 atom stereocenters. The number of fused-ring (bicyclic) bond motifs is 1. The number of carbonyl (C=O) groups excluding carboxylic acids is 1. The Morgan fingerprint density at radius 2 is 2.19 bits per heavy atom. The van der Waals surface area contributed by atoms with Crippen molar-refractivity contribution in [2.24, 2.45) is 5.84 Å². The highest BCUT2D eigenvalue weighted by Crippen LogP contribution is 2.23. The molecule has 1 unspecified atom stereocenters. The Bertz CT molecular complexity index is 708. The third kappa shape index (κ3) is 3.82. The molecule has 0 bridgehead atoms. The van der Waals surface area contributed by atoms with Crippen molar-refractivity contribution in [2.75, 3.05) is 0 Å². The van der Waals surface area contributed by atoms with Gasteiger partial charge >= 0.3 is 5.63 Å². The van der Waals surface area contributed by atoms with Crippen molar-refractivity contribution in [3.63, 3.8) is 0 Å². The first-order valence-electron chi connectivity index (χ1n) is 6.70. The van der Waals surface area contributed by atoms with Gasteiger partial charge in [-0.1, -0.05) is 0 Å². The van der Waals surface area contributed by atoms with Crippen LogP contribution in [0.15, 0.2) is 33.5 Å². The van der Waals surface area contributed by atoms with Crippen molar-refractivity contribution >= 4 is 16.9 Å². The lowest BCUT2D eigenvalue weighted by Crippen LogP contribution is -2.30. The molecule has 2 rings (SSSR count). The fraction of sp³-hybridized carbons (Fsp3) is 0.333. The van der Waals surface area contributed by atoms with Crippen LogP contribution < -0.4 is 21.6 Å². The first kappa shape index (κ1) is 15.1. The number of ether oxygens (including phenoxy) is 1. The van der Waals surface area contributed by atoms with Gasteiger partial charge in [0.2, 0.25) is 5.91 Å². The summed E-state index contributed by atoms with van der Waals surface area (Å²) in [5, 5.41) is 0.872. The SMILES string of the molecule is Cc1cc(=O)oc2cc(OC(C)CCC(=O)NN)ccc12. The Balaban J connectivity index is 2.12.